The fourth-order valence-electron chi connectivity index (χ4n) is 2.34. The normalized spacial score (nSPS) is 15.7. The number of nitrogens with one attached hydrogen (secondary N) is 2. The second-order valence-corrected chi connectivity index (χ2v) is 5.82. The number of halogens is 1. The van der Waals surface area contributed by atoms with Crippen LogP contribution in [-0.4, -0.2) is 56.7 Å². The number of carbonyl (C=O) groups is 1. The van der Waals surface area contributed by atoms with E-state index in [-0.39, 0.29) is 5.91 Å². The van der Waals surface area contributed by atoms with Gasteiger partial charge in [-0.2, -0.15) is 0 Å². The van der Waals surface area contributed by atoms with Crippen molar-refractivity contribution in [2.45, 2.75) is 13.3 Å². The Kier molecular flexibility index (Phi) is 7.12. The maximum atomic E-state index is 11.9. The molecule has 0 aromatic heterocycles. The molecule has 1 heterocycles. The van der Waals surface area contributed by atoms with Crippen molar-refractivity contribution in [3.05, 3.63) is 28.8 Å². The van der Waals surface area contributed by atoms with Crippen molar-refractivity contribution in [1.29, 1.82) is 0 Å². The average molecular weight is 326 g/mol. The molecule has 1 aromatic carbocycles. The number of rotatable bonds is 7. The Bertz CT molecular complexity index is 490. The molecule has 0 bridgehead atoms. The van der Waals surface area contributed by atoms with E-state index in [2.05, 4.69) is 15.5 Å². The molecule has 0 aliphatic carbocycles. The molecule has 0 radical (unpaired) electrons. The first-order chi connectivity index (χ1) is 10.7. The molecule has 0 unspecified atom stereocenters. The van der Waals surface area contributed by atoms with Gasteiger partial charge in [0.1, 0.15) is 0 Å². The highest BCUT2D eigenvalue weighted by atomic mass is 35.5. The van der Waals surface area contributed by atoms with Gasteiger partial charge in [-0.1, -0.05) is 17.7 Å². The lowest BCUT2D eigenvalue weighted by Gasteiger charge is -2.26. The third kappa shape index (κ3) is 5.57. The fourth-order valence-corrected chi connectivity index (χ4v) is 2.52. The van der Waals surface area contributed by atoms with Gasteiger partial charge in [-0.15, -0.1) is 0 Å². The molecule has 2 rings (SSSR count). The number of ether oxygens (including phenoxy) is 1. The summed E-state index contributed by atoms with van der Waals surface area (Å²) in [4.78, 5) is 14.3. The molecule has 2 N–H and O–H groups in total. The van der Waals surface area contributed by atoms with Crippen molar-refractivity contribution < 1.29 is 9.53 Å². The van der Waals surface area contributed by atoms with Crippen LogP contribution in [0.25, 0.3) is 0 Å². The molecule has 1 amide bonds. The van der Waals surface area contributed by atoms with Crippen molar-refractivity contribution in [2.75, 3.05) is 51.3 Å². The van der Waals surface area contributed by atoms with Gasteiger partial charge < -0.3 is 15.4 Å². The molecule has 6 heteroatoms. The first-order valence-corrected chi connectivity index (χ1v) is 8.10. The maximum absolute atomic E-state index is 11.9. The van der Waals surface area contributed by atoms with Gasteiger partial charge in [-0.05, 0) is 24.6 Å². The van der Waals surface area contributed by atoms with Gasteiger partial charge in [-0.25, -0.2) is 0 Å². The minimum atomic E-state index is 0.00393. The highest BCUT2D eigenvalue weighted by molar-refractivity contribution is 6.31. The van der Waals surface area contributed by atoms with Crippen molar-refractivity contribution in [3.63, 3.8) is 0 Å². The third-order valence-electron chi connectivity index (χ3n) is 3.78. The van der Waals surface area contributed by atoms with E-state index >= 15 is 0 Å². The molecular formula is C16H24ClN3O2. The number of amides is 1. The van der Waals surface area contributed by atoms with E-state index in [1.165, 1.54) is 0 Å². The van der Waals surface area contributed by atoms with Gasteiger partial charge in [0.25, 0.3) is 0 Å². The van der Waals surface area contributed by atoms with Crippen LogP contribution >= 0.6 is 11.6 Å². The number of hydrogen-bond acceptors (Lipinski definition) is 4. The molecule has 0 saturated carbocycles. The van der Waals surface area contributed by atoms with Crippen LogP contribution < -0.4 is 10.6 Å². The summed E-state index contributed by atoms with van der Waals surface area (Å²) >= 11 is 6.04. The lowest BCUT2D eigenvalue weighted by atomic mass is 10.2. The third-order valence-corrected chi connectivity index (χ3v) is 4.19. The predicted molar refractivity (Wildman–Crippen MR) is 89.6 cm³/mol. The molecule has 1 fully saturated rings. The number of morpholine rings is 1. The zero-order valence-electron chi connectivity index (χ0n) is 13.0. The first-order valence-electron chi connectivity index (χ1n) is 7.72. The SMILES string of the molecule is Cc1c(Cl)cccc1NC(=O)CCNCCN1CCOCC1. The quantitative estimate of drug-likeness (QED) is 0.752. The zero-order valence-corrected chi connectivity index (χ0v) is 13.8. The number of anilines is 1. The van der Waals surface area contributed by atoms with E-state index in [1.54, 1.807) is 0 Å². The van der Waals surface area contributed by atoms with Crippen LogP contribution in [0.15, 0.2) is 18.2 Å². The van der Waals surface area contributed by atoms with Gasteiger partial charge in [0.15, 0.2) is 0 Å². The van der Waals surface area contributed by atoms with E-state index in [0.29, 0.717) is 18.0 Å². The van der Waals surface area contributed by atoms with E-state index in [1.807, 2.05) is 25.1 Å². The number of benzene rings is 1. The van der Waals surface area contributed by atoms with E-state index < -0.39 is 0 Å². The van der Waals surface area contributed by atoms with Crippen molar-refractivity contribution >= 4 is 23.2 Å². The molecule has 1 aliphatic heterocycles. The summed E-state index contributed by atoms with van der Waals surface area (Å²) in [6.45, 7) is 8.10. The second kappa shape index (κ2) is 9.10. The molecule has 122 valence electrons. The van der Waals surface area contributed by atoms with Crippen molar-refractivity contribution in [1.82, 2.24) is 10.2 Å². The van der Waals surface area contributed by atoms with Crippen molar-refractivity contribution in [3.8, 4) is 0 Å². The highest BCUT2D eigenvalue weighted by Gasteiger charge is 2.09. The van der Waals surface area contributed by atoms with Crippen molar-refractivity contribution in [2.24, 2.45) is 0 Å². The predicted octanol–water partition coefficient (Wildman–Crippen LogP) is 1.90. The molecule has 1 aliphatic rings. The summed E-state index contributed by atoms with van der Waals surface area (Å²) < 4.78 is 5.31. The zero-order chi connectivity index (χ0) is 15.8. The van der Waals surface area contributed by atoms with Crippen LogP contribution in [0.2, 0.25) is 5.02 Å². The number of nitrogens with zero attached hydrogens (tertiary/aromatic N) is 1. The summed E-state index contributed by atoms with van der Waals surface area (Å²) in [6, 6.07) is 5.52. The Hall–Kier alpha value is -1.14. The maximum Gasteiger partial charge on any atom is 0.225 e. The number of carbonyl (C=O) groups excluding carboxylic acids is 1. The summed E-state index contributed by atoms with van der Waals surface area (Å²) in [5, 5.41) is 6.87. The summed E-state index contributed by atoms with van der Waals surface area (Å²) in [7, 11) is 0. The largest absolute Gasteiger partial charge is 0.379 e. The first kappa shape index (κ1) is 17.2. The Morgan fingerprint density at radius 1 is 1.32 bits per heavy atom. The Labute approximate surface area is 137 Å². The lowest BCUT2D eigenvalue weighted by molar-refractivity contribution is -0.116. The average Bonchev–Trinajstić information content (AvgIpc) is 2.52. The van der Waals surface area contributed by atoms with Crippen LogP contribution in [0.1, 0.15) is 12.0 Å². The van der Waals surface area contributed by atoms with E-state index in [0.717, 1.165) is 50.6 Å². The van der Waals surface area contributed by atoms with E-state index in [4.69, 9.17) is 16.3 Å². The van der Waals surface area contributed by atoms with Gasteiger partial charge in [0.05, 0.1) is 13.2 Å². The van der Waals surface area contributed by atoms with Crippen LogP contribution in [0, 0.1) is 6.92 Å². The number of hydrogen-bond donors (Lipinski definition) is 2. The van der Waals surface area contributed by atoms with Crippen LogP contribution in [0.3, 0.4) is 0 Å². The highest BCUT2D eigenvalue weighted by Crippen LogP contribution is 2.22. The van der Waals surface area contributed by atoms with Gasteiger partial charge in [0.2, 0.25) is 5.91 Å². The Balaban J connectivity index is 1.60. The van der Waals surface area contributed by atoms with Gasteiger partial charge >= 0.3 is 0 Å². The van der Waals surface area contributed by atoms with Crippen LogP contribution in [-0.2, 0) is 9.53 Å². The molecule has 1 saturated heterocycles. The second-order valence-electron chi connectivity index (χ2n) is 5.41. The summed E-state index contributed by atoms with van der Waals surface area (Å²) in [6.07, 6.45) is 0.453. The van der Waals surface area contributed by atoms with E-state index in [9.17, 15) is 4.79 Å². The molecule has 0 atom stereocenters. The standard InChI is InChI=1S/C16H24ClN3O2/c1-13-14(17)3-2-4-15(13)19-16(21)5-6-18-7-8-20-9-11-22-12-10-20/h2-4,18H,5-12H2,1H3,(H,19,21). The molecule has 22 heavy (non-hydrogen) atoms. The van der Waals surface area contributed by atoms with Crippen LogP contribution in [0.4, 0.5) is 5.69 Å². The smallest absolute Gasteiger partial charge is 0.225 e. The lowest BCUT2D eigenvalue weighted by Crippen LogP contribution is -2.40. The van der Waals surface area contributed by atoms with Gasteiger partial charge in [-0.3, -0.25) is 9.69 Å². The monoisotopic (exact) mass is 325 g/mol. The van der Waals surface area contributed by atoms with Crippen LogP contribution in [0.5, 0.6) is 0 Å². The molecule has 1 aromatic rings. The van der Waals surface area contributed by atoms with Gasteiger partial charge in [0, 0.05) is 49.9 Å². The fraction of sp³-hybridized carbons (Fsp3) is 0.562. The Morgan fingerprint density at radius 2 is 2.09 bits per heavy atom. The summed E-state index contributed by atoms with van der Waals surface area (Å²) in [5.41, 5.74) is 1.68. The topological polar surface area (TPSA) is 53.6 Å². The minimum Gasteiger partial charge on any atom is -0.379 e. The summed E-state index contributed by atoms with van der Waals surface area (Å²) in [5.74, 6) is 0.00393. The molecule has 5 nitrogen and oxygen atoms in total. The minimum absolute atomic E-state index is 0.00393. The molecule has 0 spiro atoms. The molecular weight excluding hydrogens is 302 g/mol. The Morgan fingerprint density at radius 3 is 2.86 bits per heavy atom.